The molecule has 2 aliphatic rings. The Hall–Kier alpha value is -2.18. The maximum Gasteiger partial charge on any atom is 0.327 e. The van der Waals surface area contributed by atoms with Crippen molar-refractivity contribution >= 4 is 41.1 Å². The number of carboxylic acid groups (broad SMARTS) is 1. The van der Waals surface area contributed by atoms with E-state index < -0.39 is 12.0 Å². The monoisotopic (exact) mass is 425 g/mol. The van der Waals surface area contributed by atoms with Crippen molar-refractivity contribution in [2.75, 3.05) is 12.0 Å². The number of hydrogen-bond acceptors (Lipinski definition) is 4. The van der Waals surface area contributed by atoms with Crippen molar-refractivity contribution in [3.05, 3.63) is 75.6 Å². The van der Waals surface area contributed by atoms with Crippen LogP contribution < -0.4 is 5.56 Å². The number of carboxylic acids is 1. The van der Waals surface area contributed by atoms with Crippen LogP contribution >= 0.6 is 24.4 Å². The third-order valence-electron chi connectivity index (χ3n) is 5.55. The van der Waals surface area contributed by atoms with E-state index in [2.05, 4.69) is 43.0 Å². The molecule has 6 heteroatoms. The number of thiol groups is 1. The number of aliphatic carboxylic acids is 1. The van der Waals surface area contributed by atoms with Crippen LogP contribution in [0.3, 0.4) is 0 Å². The average molecular weight is 426 g/mol. The Kier molecular flexibility index (Phi) is 5.74. The second-order valence-electron chi connectivity index (χ2n) is 7.35. The molecular weight excluding hydrogens is 402 g/mol. The quantitative estimate of drug-likeness (QED) is 0.593. The molecule has 0 bridgehead atoms. The van der Waals surface area contributed by atoms with E-state index in [1.807, 2.05) is 12.1 Å². The Morgan fingerprint density at radius 1 is 1.14 bits per heavy atom. The number of carbonyl (C=O) groups is 1. The molecule has 2 aromatic carbocycles. The van der Waals surface area contributed by atoms with E-state index in [0.29, 0.717) is 18.1 Å². The number of thioether (sulfide) groups is 1. The van der Waals surface area contributed by atoms with Crippen molar-refractivity contribution < 1.29 is 9.90 Å². The Bertz CT molecular complexity index is 1130. The van der Waals surface area contributed by atoms with Crippen LogP contribution in [0.25, 0.3) is 10.8 Å². The van der Waals surface area contributed by atoms with Gasteiger partial charge in [0.1, 0.15) is 6.04 Å². The van der Waals surface area contributed by atoms with Crippen LogP contribution in [-0.4, -0.2) is 27.7 Å². The highest BCUT2D eigenvalue weighted by Gasteiger charge is 2.37. The zero-order valence-electron chi connectivity index (χ0n) is 16.2. The lowest BCUT2D eigenvalue weighted by molar-refractivity contribution is -0.140. The Morgan fingerprint density at radius 2 is 1.86 bits per heavy atom. The van der Waals surface area contributed by atoms with Gasteiger partial charge >= 0.3 is 5.97 Å². The van der Waals surface area contributed by atoms with E-state index in [1.165, 1.54) is 38.2 Å². The molecule has 1 N–H and O–H groups in total. The van der Waals surface area contributed by atoms with E-state index in [1.54, 1.807) is 12.3 Å². The molecule has 29 heavy (non-hydrogen) atoms. The molecule has 1 unspecified atom stereocenters. The molecule has 0 saturated heterocycles. The molecule has 1 atom stereocenters. The third kappa shape index (κ3) is 3.71. The van der Waals surface area contributed by atoms with Gasteiger partial charge in [-0.1, -0.05) is 42.5 Å². The van der Waals surface area contributed by atoms with E-state index >= 15 is 0 Å². The van der Waals surface area contributed by atoms with Crippen LogP contribution in [0.15, 0.2) is 58.4 Å². The van der Waals surface area contributed by atoms with Gasteiger partial charge in [-0.05, 0) is 58.9 Å². The van der Waals surface area contributed by atoms with E-state index in [0.717, 1.165) is 23.4 Å². The molecule has 3 aromatic rings. The molecule has 0 spiro atoms. The lowest BCUT2D eigenvalue weighted by atomic mass is 9.95. The van der Waals surface area contributed by atoms with Crippen LogP contribution in [0, 0.1) is 0 Å². The molecular formula is C23H23NO3S2. The van der Waals surface area contributed by atoms with Crippen molar-refractivity contribution in [2.24, 2.45) is 0 Å². The van der Waals surface area contributed by atoms with Gasteiger partial charge in [0.25, 0.3) is 5.56 Å². The van der Waals surface area contributed by atoms with Gasteiger partial charge in [-0.15, -0.1) is 11.8 Å². The zero-order valence-corrected chi connectivity index (χ0v) is 17.9. The second kappa shape index (κ2) is 8.28. The fraction of sp³-hybridized carbons (Fsp3) is 0.304. The minimum atomic E-state index is -0.924. The molecule has 5 rings (SSSR count). The molecule has 1 aromatic heterocycles. The number of nitrogens with zero attached hydrogens (tertiary/aromatic N) is 1. The normalized spacial score (nSPS) is 17.5. The van der Waals surface area contributed by atoms with Crippen molar-refractivity contribution in [1.82, 2.24) is 4.57 Å². The second-order valence-corrected chi connectivity index (χ2v) is 8.36. The lowest BCUT2D eigenvalue weighted by Gasteiger charge is -2.17. The number of rotatable bonds is 4. The van der Waals surface area contributed by atoms with Gasteiger partial charge in [0.15, 0.2) is 0 Å². The first-order valence-electron chi connectivity index (χ1n) is 9.69. The number of fused-ring (bicyclic) bond motifs is 2. The summed E-state index contributed by atoms with van der Waals surface area (Å²) in [6.45, 7) is 0. The van der Waals surface area contributed by atoms with Crippen LogP contribution in [-0.2, 0) is 11.2 Å². The molecule has 2 heterocycles. The molecule has 1 fully saturated rings. The van der Waals surface area contributed by atoms with Gasteiger partial charge in [-0.2, -0.15) is 12.6 Å². The number of benzene rings is 2. The van der Waals surface area contributed by atoms with Crippen molar-refractivity contribution in [2.45, 2.75) is 36.2 Å². The minimum absolute atomic E-state index is 0.193. The predicted molar refractivity (Wildman–Crippen MR) is 122 cm³/mol. The van der Waals surface area contributed by atoms with Gasteiger partial charge < -0.3 is 5.11 Å². The first kappa shape index (κ1) is 20.1. The van der Waals surface area contributed by atoms with Crippen LogP contribution in [0.1, 0.15) is 41.5 Å². The maximum atomic E-state index is 12.8. The van der Waals surface area contributed by atoms with Crippen LogP contribution in [0.5, 0.6) is 0 Å². The third-order valence-corrected chi connectivity index (χ3v) is 6.72. The summed E-state index contributed by atoms with van der Waals surface area (Å²) in [5, 5.41) is 12.8. The van der Waals surface area contributed by atoms with E-state index in [-0.39, 0.29) is 5.56 Å². The summed E-state index contributed by atoms with van der Waals surface area (Å²) in [4.78, 5) is 24.3. The lowest BCUT2D eigenvalue weighted by Crippen LogP contribution is -2.29. The fourth-order valence-corrected chi connectivity index (χ4v) is 5.54. The van der Waals surface area contributed by atoms with Gasteiger partial charge in [0, 0.05) is 11.8 Å². The highest BCUT2D eigenvalue weighted by molar-refractivity contribution is 7.99. The summed E-state index contributed by atoms with van der Waals surface area (Å²) in [6.07, 6.45) is 4.63. The number of aromatic nitrogens is 1. The molecule has 150 valence electrons. The molecule has 1 saturated carbocycles. The van der Waals surface area contributed by atoms with Crippen molar-refractivity contribution in [3.8, 4) is 0 Å². The summed E-state index contributed by atoms with van der Waals surface area (Å²) < 4.78 is 1.51. The first-order chi connectivity index (χ1) is 14.1. The van der Waals surface area contributed by atoms with E-state index in [9.17, 15) is 14.7 Å². The Morgan fingerprint density at radius 3 is 2.59 bits per heavy atom. The van der Waals surface area contributed by atoms with Crippen molar-refractivity contribution in [1.29, 1.82) is 0 Å². The molecule has 1 aliphatic heterocycles. The molecule has 0 radical (unpaired) electrons. The number of pyridine rings is 1. The smallest absolute Gasteiger partial charge is 0.327 e. The Balaban J connectivity index is 0.000000994. The summed E-state index contributed by atoms with van der Waals surface area (Å²) in [6, 6.07) is 15.5. The van der Waals surface area contributed by atoms with Gasteiger partial charge in [-0.3, -0.25) is 9.36 Å². The molecule has 1 aliphatic carbocycles. The fourth-order valence-electron chi connectivity index (χ4n) is 4.13. The summed E-state index contributed by atoms with van der Waals surface area (Å²) >= 11 is 5.05. The van der Waals surface area contributed by atoms with E-state index in [4.69, 9.17) is 0 Å². The topological polar surface area (TPSA) is 59.3 Å². The molecule has 0 amide bonds. The first-order valence-corrected chi connectivity index (χ1v) is 11.6. The standard InChI is InChI=1S/C22H19NO3S.CH4S/c24-19-11-16(10-15-6-3-5-13-4-1-2-7-17(13)15)20(14-8-9-14)21-23(19)18(12-27-21)22(25)26;1-2/h1-7,11,14,18H,8-10,12H2,(H,25,26);2H,1H3. The van der Waals surface area contributed by atoms with Crippen LogP contribution in [0.4, 0.5) is 0 Å². The largest absolute Gasteiger partial charge is 0.480 e. The van der Waals surface area contributed by atoms with Gasteiger partial charge in [0.05, 0.1) is 5.03 Å². The zero-order chi connectivity index (χ0) is 20.5. The minimum Gasteiger partial charge on any atom is -0.480 e. The summed E-state index contributed by atoms with van der Waals surface area (Å²) in [5.41, 5.74) is 3.28. The molecule has 4 nitrogen and oxygen atoms in total. The highest BCUT2D eigenvalue weighted by atomic mass is 32.2. The average Bonchev–Trinajstić information content (AvgIpc) is 3.46. The summed E-state index contributed by atoms with van der Waals surface area (Å²) in [7, 11) is 0. The SMILES string of the molecule is CS.O=C(O)C1CSc2c(C3CC3)c(Cc3cccc4ccccc34)cc(=O)n21. The highest BCUT2D eigenvalue weighted by Crippen LogP contribution is 2.48. The Labute approximate surface area is 179 Å². The summed E-state index contributed by atoms with van der Waals surface area (Å²) in [5.74, 6) is -0.0362. The van der Waals surface area contributed by atoms with Crippen LogP contribution in [0.2, 0.25) is 0 Å². The van der Waals surface area contributed by atoms with Crippen molar-refractivity contribution in [3.63, 3.8) is 0 Å². The van der Waals surface area contributed by atoms with Gasteiger partial charge in [-0.25, -0.2) is 4.79 Å². The van der Waals surface area contributed by atoms with Gasteiger partial charge in [0.2, 0.25) is 0 Å². The predicted octanol–water partition coefficient (Wildman–Crippen LogP) is 4.75. The number of hydrogen-bond donors (Lipinski definition) is 2. The maximum absolute atomic E-state index is 12.8.